The summed E-state index contributed by atoms with van der Waals surface area (Å²) in [6.07, 6.45) is 0.605. The zero-order valence-corrected chi connectivity index (χ0v) is 9.98. The number of hydrogen-bond donors (Lipinski definition) is 2. The highest BCUT2D eigenvalue weighted by Crippen LogP contribution is 2.28. The number of hydrogen-bond acceptors (Lipinski definition) is 4. The summed E-state index contributed by atoms with van der Waals surface area (Å²) in [5.74, 6) is 0.552. The Morgan fingerprint density at radius 2 is 2.39 bits per heavy atom. The van der Waals surface area contributed by atoms with E-state index in [0.717, 1.165) is 5.69 Å². The van der Waals surface area contributed by atoms with E-state index in [4.69, 9.17) is 10.00 Å². The van der Waals surface area contributed by atoms with Crippen molar-refractivity contribution in [1.82, 2.24) is 5.32 Å². The molecule has 0 saturated carbocycles. The quantitative estimate of drug-likeness (QED) is 0.784. The summed E-state index contributed by atoms with van der Waals surface area (Å²) in [5, 5.41) is 14.3. The van der Waals surface area contributed by atoms with Gasteiger partial charge in [0.2, 0.25) is 0 Å². The number of nitrogens with zero attached hydrogens (tertiary/aromatic N) is 1. The molecule has 1 atom stereocenters. The van der Waals surface area contributed by atoms with Crippen molar-refractivity contribution in [2.75, 3.05) is 18.4 Å². The molecule has 94 valence electrons. The Balaban J connectivity index is 1.85. The summed E-state index contributed by atoms with van der Waals surface area (Å²) in [6.45, 7) is 0.967. The first-order chi connectivity index (χ1) is 8.81. The lowest BCUT2D eigenvalue weighted by molar-refractivity contribution is -0.127. The molecule has 1 aromatic rings. The van der Waals surface area contributed by atoms with Crippen LogP contribution in [0.3, 0.4) is 0 Å². The number of nitrogens with one attached hydrogen (secondary N) is 2. The molecule has 2 N–H and O–H groups in total. The van der Waals surface area contributed by atoms with Crippen LogP contribution in [-0.4, -0.2) is 25.1 Å². The van der Waals surface area contributed by atoms with Gasteiger partial charge in [-0.25, -0.2) is 0 Å². The first-order valence-electron chi connectivity index (χ1n) is 5.95. The van der Waals surface area contributed by atoms with Gasteiger partial charge in [0.1, 0.15) is 5.75 Å². The first-order valence-corrected chi connectivity index (χ1v) is 5.95. The molecule has 0 aliphatic carbocycles. The molecule has 1 heterocycles. The molecule has 1 aliphatic rings. The van der Waals surface area contributed by atoms with E-state index in [0.29, 0.717) is 31.7 Å². The molecule has 0 radical (unpaired) electrons. The number of nitriles is 1. The van der Waals surface area contributed by atoms with E-state index in [-0.39, 0.29) is 5.91 Å². The molecule has 2 rings (SSSR count). The maximum absolute atomic E-state index is 11.8. The van der Waals surface area contributed by atoms with E-state index < -0.39 is 6.10 Å². The van der Waals surface area contributed by atoms with Crippen LogP contribution >= 0.6 is 0 Å². The van der Waals surface area contributed by atoms with Gasteiger partial charge in [-0.3, -0.25) is 4.79 Å². The Morgan fingerprint density at radius 3 is 3.22 bits per heavy atom. The Bertz CT molecular complexity index is 468. The second-order valence-corrected chi connectivity index (χ2v) is 4.04. The van der Waals surface area contributed by atoms with Crippen LogP contribution in [0.25, 0.3) is 0 Å². The second kappa shape index (κ2) is 5.92. The van der Waals surface area contributed by atoms with Crippen molar-refractivity contribution in [3.05, 3.63) is 24.3 Å². The molecule has 1 unspecified atom stereocenters. The second-order valence-electron chi connectivity index (χ2n) is 4.04. The normalized spacial score (nSPS) is 16.7. The zero-order valence-electron chi connectivity index (χ0n) is 9.98. The van der Waals surface area contributed by atoms with E-state index in [1.165, 1.54) is 0 Å². The van der Waals surface area contributed by atoms with Crippen LogP contribution in [0.4, 0.5) is 5.69 Å². The van der Waals surface area contributed by atoms with Crippen LogP contribution in [-0.2, 0) is 4.79 Å². The molecule has 0 saturated heterocycles. The molecular formula is C13H15N3O2. The van der Waals surface area contributed by atoms with Crippen molar-refractivity contribution in [2.24, 2.45) is 0 Å². The van der Waals surface area contributed by atoms with E-state index in [1.807, 2.05) is 30.3 Å². The standard InChI is InChI=1S/C13H15N3O2/c14-7-3-4-8-15-13(17)12-9-16-10-5-1-2-6-11(10)18-12/h1-2,5-6,12,16H,3-4,8-9H2,(H,15,17). The number of rotatable bonds is 4. The van der Waals surface area contributed by atoms with Gasteiger partial charge in [-0.15, -0.1) is 0 Å². The molecule has 0 aromatic heterocycles. The van der Waals surface area contributed by atoms with Crippen LogP contribution in [0.15, 0.2) is 24.3 Å². The Labute approximate surface area is 106 Å². The maximum atomic E-state index is 11.8. The van der Waals surface area contributed by atoms with Crippen LogP contribution in [0, 0.1) is 11.3 Å². The monoisotopic (exact) mass is 245 g/mol. The fourth-order valence-electron chi connectivity index (χ4n) is 1.75. The van der Waals surface area contributed by atoms with Crippen molar-refractivity contribution in [2.45, 2.75) is 18.9 Å². The molecule has 5 nitrogen and oxygen atoms in total. The van der Waals surface area contributed by atoms with Crippen molar-refractivity contribution in [3.63, 3.8) is 0 Å². The minimum Gasteiger partial charge on any atom is -0.477 e. The topological polar surface area (TPSA) is 74.2 Å². The fourth-order valence-corrected chi connectivity index (χ4v) is 1.75. The van der Waals surface area contributed by atoms with E-state index in [9.17, 15) is 4.79 Å². The molecular weight excluding hydrogens is 230 g/mol. The van der Waals surface area contributed by atoms with E-state index in [2.05, 4.69) is 10.6 Å². The average Bonchev–Trinajstić information content (AvgIpc) is 2.43. The van der Waals surface area contributed by atoms with E-state index in [1.54, 1.807) is 0 Å². The first kappa shape index (κ1) is 12.2. The third kappa shape index (κ3) is 2.92. The average molecular weight is 245 g/mol. The summed E-state index contributed by atoms with van der Waals surface area (Å²) in [7, 11) is 0. The Kier molecular flexibility index (Phi) is 4.02. The summed E-state index contributed by atoms with van der Waals surface area (Å²) in [5.41, 5.74) is 0.908. The SMILES string of the molecule is N#CCCCNC(=O)C1CNc2ccccc2O1. The molecule has 1 aliphatic heterocycles. The highest BCUT2D eigenvalue weighted by molar-refractivity contribution is 5.83. The van der Waals surface area contributed by atoms with Gasteiger partial charge in [-0.2, -0.15) is 5.26 Å². The number of benzene rings is 1. The van der Waals surface area contributed by atoms with Crippen molar-refractivity contribution < 1.29 is 9.53 Å². The summed E-state index contributed by atoms with van der Waals surface area (Å²) < 4.78 is 5.61. The summed E-state index contributed by atoms with van der Waals surface area (Å²) in [4.78, 5) is 11.8. The highest BCUT2D eigenvalue weighted by Gasteiger charge is 2.24. The molecule has 1 aromatic carbocycles. The van der Waals surface area contributed by atoms with Crippen LogP contribution in [0.2, 0.25) is 0 Å². The van der Waals surface area contributed by atoms with Crippen LogP contribution < -0.4 is 15.4 Å². The van der Waals surface area contributed by atoms with E-state index >= 15 is 0 Å². The number of carbonyl (C=O) groups is 1. The van der Waals surface area contributed by atoms with Gasteiger partial charge in [-0.1, -0.05) is 12.1 Å². The van der Waals surface area contributed by atoms with Gasteiger partial charge >= 0.3 is 0 Å². The summed E-state index contributed by atoms with van der Waals surface area (Å²) in [6, 6.07) is 9.57. The van der Waals surface area contributed by atoms with Gasteiger partial charge in [0.05, 0.1) is 18.3 Å². The molecule has 18 heavy (non-hydrogen) atoms. The predicted octanol–water partition coefficient (Wildman–Crippen LogP) is 1.28. The van der Waals surface area contributed by atoms with Crippen molar-refractivity contribution in [3.8, 4) is 11.8 Å². The largest absolute Gasteiger partial charge is 0.477 e. The zero-order chi connectivity index (χ0) is 12.8. The fraction of sp³-hybridized carbons (Fsp3) is 0.385. The van der Waals surface area contributed by atoms with Crippen molar-refractivity contribution in [1.29, 1.82) is 5.26 Å². The number of ether oxygens (including phenoxy) is 1. The Hall–Kier alpha value is -2.22. The Morgan fingerprint density at radius 1 is 1.56 bits per heavy atom. The van der Waals surface area contributed by atoms with Crippen LogP contribution in [0.1, 0.15) is 12.8 Å². The number of para-hydroxylation sites is 2. The summed E-state index contributed by atoms with van der Waals surface area (Å²) >= 11 is 0. The maximum Gasteiger partial charge on any atom is 0.262 e. The molecule has 0 spiro atoms. The van der Waals surface area contributed by atoms with Gasteiger partial charge in [0.15, 0.2) is 6.10 Å². The lowest BCUT2D eigenvalue weighted by atomic mass is 10.2. The third-order valence-corrected chi connectivity index (χ3v) is 2.69. The number of carbonyl (C=O) groups excluding carboxylic acids is 1. The van der Waals surface area contributed by atoms with Crippen molar-refractivity contribution >= 4 is 11.6 Å². The van der Waals surface area contributed by atoms with Gasteiger partial charge in [-0.05, 0) is 18.6 Å². The highest BCUT2D eigenvalue weighted by atomic mass is 16.5. The smallest absolute Gasteiger partial charge is 0.262 e. The lowest BCUT2D eigenvalue weighted by Gasteiger charge is -2.26. The molecule has 1 amide bonds. The minimum absolute atomic E-state index is 0.144. The van der Waals surface area contributed by atoms with Crippen LogP contribution in [0.5, 0.6) is 5.75 Å². The number of amides is 1. The molecule has 0 fully saturated rings. The van der Waals surface area contributed by atoms with Gasteiger partial charge in [0, 0.05) is 13.0 Å². The predicted molar refractivity (Wildman–Crippen MR) is 67.2 cm³/mol. The molecule has 5 heteroatoms. The van der Waals surface area contributed by atoms with Gasteiger partial charge in [0.25, 0.3) is 5.91 Å². The number of unbranched alkanes of at least 4 members (excludes halogenated alkanes) is 1. The third-order valence-electron chi connectivity index (χ3n) is 2.69. The number of fused-ring (bicyclic) bond motifs is 1. The lowest BCUT2D eigenvalue weighted by Crippen LogP contribution is -2.44. The van der Waals surface area contributed by atoms with Gasteiger partial charge < -0.3 is 15.4 Å². The minimum atomic E-state index is -0.512. The molecule has 0 bridgehead atoms. The number of anilines is 1.